The van der Waals surface area contributed by atoms with E-state index in [0.717, 1.165) is 5.56 Å². The SMILES string of the molecule is C=CCNC(=NC)NCc1ccc(S(=O)(=O)N(C)C)cc1. The van der Waals surface area contributed by atoms with Crippen LogP contribution in [0.4, 0.5) is 0 Å². The molecule has 0 aliphatic heterocycles. The summed E-state index contributed by atoms with van der Waals surface area (Å²) in [6.07, 6.45) is 1.74. The largest absolute Gasteiger partial charge is 0.353 e. The Morgan fingerprint density at radius 2 is 1.90 bits per heavy atom. The van der Waals surface area contributed by atoms with Crippen molar-refractivity contribution in [3.8, 4) is 0 Å². The van der Waals surface area contributed by atoms with E-state index >= 15 is 0 Å². The van der Waals surface area contributed by atoms with Gasteiger partial charge in [0.2, 0.25) is 10.0 Å². The Morgan fingerprint density at radius 3 is 2.38 bits per heavy atom. The average molecular weight is 310 g/mol. The lowest BCUT2D eigenvalue weighted by Gasteiger charge is -2.13. The molecule has 0 saturated carbocycles. The molecule has 0 atom stereocenters. The normalized spacial score (nSPS) is 12.3. The number of sulfonamides is 1. The standard InChI is InChI=1S/C14H22N4O2S/c1-5-10-16-14(15-2)17-11-12-6-8-13(9-7-12)21(19,20)18(3)4/h5-9H,1,10-11H2,2-4H3,(H2,15,16,17). The minimum Gasteiger partial charge on any atom is -0.353 e. The van der Waals surface area contributed by atoms with Gasteiger partial charge in [0, 0.05) is 34.2 Å². The van der Waals surface area contributed by atoms with Crippen LogP contribution in [0.1, 0.15) is 5.56 Å². The Morgan fingerprint density at radius 1 is 1.29 bits per heavy atom. The number of benzene rings is 1. The quantitative estimate of drug-likeness (QED) is 0.463. The predicted octanol–water partition coefficient (Wildman–Crippen LogP) is 0.788. The first-order chi connectivity index (χ1) is 9.91. The summed E-state index contributed by atoms with van der Waals surface area (Å²) in [5.74, 6) is 0.667. The molecule has 6 nitrogen and oxygen atoms in total. The highest BCUT2D eigenvalue weighted by molar-refractivity contribution is 7.89. The van der Waals surface area contributed by atoms with Crippen molar-refractivity contribution in [1.82, 2.24) is 14.9 Å². The van der Waals surface area contributed by atoms with Crippen LogP contribution in [0.2, 0.25) is 0 Å². The van der Waals surface area contributed by atoms with Gasteiger partial charge in [-0.1, -0.05) is 18.2 Å². The fourth-order valence-electron chi connectivity index (χ4n) is 1.57. The van der Waals surface area contributed by atoms with Gasteiger partial charge in [0.25, 0.3) is 0 Å². The van der Waals surface area contributed by atoms with Crippen molar-refractivity contribution in [2.24, 2.45) is 4.99 Å². The van der Waals surface area contributed by atoms with Crippen LogP contribution in [0.5, 0.6) is 0 Å². The zero-order valence-electron chi connectivity index (χ0n) is 12.6. The third kappa shape index (κ3) is 4.87. The van der Waals surface area contributed by atoms with Gasteiger partial charge in [-0.05, 0) is 17.7 Å². The van der Waals surface area contributed by atoms with Crippen LogP contribution in [0.15, 0.2) is 46.8 Å². The molecule has 1 aromatic carbocycles. The molecule has 0 bridgehead atoms. The summed E-state index contributed by atoms with van der Waals surface area (Å²) < 4.78 is 25.1. The number of rotatable bonds is 6. The van der Waals surface area contributed by atoms with E-state index in [1.54, 1.807) is 37.4 Å². The van der Waals surface area contributed by atoms with E-state index in [4.69, 9.17) is 0 Å². The number of aliphatic imine (C=N–C) groups is 1. The van der Waals surface area contributed by atoms with Gasteiger partial charge in [-0.2, -0.15) is 0 Å². The van der Waals surface area contributed by atoms with Crippen LogP contribution in [-0.4, -0.2) is 46.4 Å². The van der Waals surface area contributed by atoms with Crippen molar-refractivity contribution in [1.29, 1.82) is 0 Å². The molecule has 0 aliphatic carbocycles. The summed E-state index contributed by atoms with van der Waals surface area (Å²) in [6, 6.07) is 6.77. The third-order valence-corrected chi connectivity index (χ3v) is 4.63. The second-order valence-corrected chi connectivity index (χ2v) is 6.68. The molecule has 2 N–H and O–H groups in total. The molecule has 0 unspecified atom stereocenters. The van der Waals surface area contributed by atoms with Crippen molar-refractivity contribution in [3.63, 3.8) is 0 Å². The highest BCUT2D eigenvalue weighted by atomic mass is 32.2. The first-order valence-electron chi connectivity index (χ1n) is 6.48. The zero-order chi connectivity index (χ0) is 15.9. The average Bonchev–Trinajstić information content (AvgIpc) is 2.47. The van der Waals surface area contributed by atoms with Gasteiger partial charge in [0.1, 0.15) is 0 Å². The first kappa shape index (κ1) is 17.2. The van der Waals surface area contributed by atoms with Gasteiger partial charge in [0.15, 0.2) is 5.96 Å². The molecule has 0 aliphatic rings. The van der Waals surface area contributed by atoms with Crippen molar-refractivity contribution >= 4 is 16.0 Å². The second kappa shape index (κ2) is 7.80. The highest BCUT2D eigenvalue weighted by Crippen LogP contribution is 2.13. The fraction of sp³-hybridized carbons (Fsp3) is 0.357. The van der Waals surface area contributed by atoms with E-state index in [2.05, 4.69) is 22.2 Å². The van der Waals surface area contributed by atoms with Crippen LogP contribution in [0.3, 0.4) is 0 Å². The maximum atomic E-state index is 11.9. The van der Waals surface area contributed by atoms with Gasteiger partial charge in [-0.3, -0.25) is 4.99 Å². The summed E-state index contributed by atoms with van der Waals surface area (Å²) in [6.45, 7) is 4.81. The molecule has 1 aromatic rings. The molecule has 0 saturated heterocycles. The number of guanidine groups is 1. The molecule has 0 radical (unpaired) electrons. The number of nitrogens with zero attached hydrogens (tertiary/aromatic N) is 2. The molecule has 0 spiro atoms. The summed E-state index contributed by atoms with van der Waals surface area (Å²) in [5.41, 5.74) is 0.967. The Balaban J connectivity index is 2.69. The molecule has 0 heterocycles. The van der Waals surface area contributed by atoms with Gasteiger partial charge < -0.3 is 10.6 Å². The minimum atomic E-state index is -3.38. The molecule has 7 heteroatoms. The highest BCUT2D eigenvalue weighted by Gasteiger charge is 2.16. The Kier molecular flexibility index (Phi) is 6.39. The minimum absolute atomic E-state index is 0.283. The molecule has 0 fully saturated rings. The number of hydrogen-bond donors (Lipinski definition) is 2. The topological polar surface area (TPSA) is 73.8 Å². The van der Waals surface area contributed by atoms with Crippen LogP contribution < -0.4 is 10.6 Å². The van der Waals surface area contributed by atoms with E-state index in [1.807, 2.05) is 0 Å². The molecule has 1 rings (SSSR count). The predicted molar refractivity (Wildman–Crippen MR) is 85.7 cm³/mol. The Bertz CT molecular complexity index is 592. The van der Waals surface area contributed by atoms with E-state index < -0.39 is 10.0 Å². The second-order valence-electron chi connectivity index (χ2n) is 4.53. The maximum absolute atomic E-state index is 11.9. The molecule has 0 aromatic heterocycles. The van der Waals surface area contributed by atoms with Crippen LogP contribution in [-0.2, 0) is 16.6 Å². The lowest BCUT2D eigenvalue weighted by Crippen LogP contribution is -2.36. The van der Waals surface area contributed by atoms with Crippen molar-refractivity contribution in [2.75, 3.05) is 27.7 Å². The lowest BCUT2D eigenvalue weighted by molar-refractivity contribution is 0.520. The van der Waals surface area contributed by atoms with Gasteiger partial charge >= 0.3 is 0 Å². The van der Waals surface area contributed by atoms with E-state index in [9.17, 15) is 8.42 Å². The first-order valence-corrected chi connectivity index (χ1v) is 7.92. The van der Waals surface area contributed by atoms with E-state index in [1.165, 1.54) is 18.4 Å². The van der Waals surface area contributed by atoms with E-state index in [0.29, 0.717) is 19.0 Å². The summed E-state index contributed by atoms with van der Waals surface area (Å²) in [5, 5.41) is 6.19. The summed E-state index contributed by atoms with van der Waals surface area (Å²) in [4.78, 5) is 4.35. The Labute approximate surface area is 126 Å². The number of hydrogen-bond acceptors (Lipinski definition) is 3. The van der Waals surface area contributed by atoms with Gasteiger partial charge in [-0.25, -0.2) is 12.7 Å². The van der Waals surface area contributed by atoms with Crippen molar-refractivity contribution in [3.05, 3.63) is 42.5 Å². The zero-order valence-corrected chi connectivity index (χ0v) is 13.4. The molecule has 0 amide bonds. The molecule has 21 heavy (non-hydrogen) atoms. The lowest BCUT2D eigenvalue weighted by atomic mass is 10.2. The molecular formula is C14H22N4O2S. The fourth-order valence-corrected chi connectivity index (χ4v) is 2.47. The molecule has 116 valence electrons. The summed E-state index contributed by atoms with van der Waals surface area (Å²) in [7, 11) is 1.34. The van der Waals surface area contributed by atoms with Crippen LogP contribution in [0, 0.1) is 0 Å². The smallest absolute Gasteiger partial charge is 0.242 e. The van der Waals surface area contributed by atoms with Crippen LogP contribution in [0.25, 0.3) is 0 Å². The van der Waals surface area contributed by atoms with Crippen molar-refractivity contribution < 1.29 is 8.42 Å². The maximum Gasteiger partial charge on any atom is 0.242 e. The molecular weight excluding hydrogens is 288 g/mol. The summed E-state index contributed by atoms with van der Waals surface area (Å²) >= 11 is 0. The third-order valence-electron chi connectivity index (χ3n) is 2.80. The number of nitrogens with one attached hydrogen (secondary N) is 2. The monoisotopic (exact) mass is 310 g/mol. The Hall–Kier alpha value is -1.86. The van der Waals surface area contributed by atoms with Gasteiger partial charge in [0.05, 0.1) is 4.90 Å². The van der Waals surface area contributed by atoms with Crippen molar-refractivity contribution in [2.45, 2.75) is 11.4 Å². The van der Waals surface area contributed by atoms with Gasteiger partial charge in [-0.15, -0.1) is 6.58 Å². The van der Waals surface area contributed by atoms with Crippen LogP contribution >= 0.6 is 0 Å². The van der Waals surface area contributed by atoms with E-state index in [-0.39, 0.29) is 4.90 Å².